The van der Waals surface area contributed by atoms with Gasteiger partial charge in [-0.1, -0.05) is 54.6 Å². The molecule has 45 heavy (non-hydrogen) atoms. The number of nitrogens with zero attached hydrogens (tertiary/aromatic N) is 4. The van der Waals surface area contributed by atoms with Crippen molar-refractivity contribution in [2.24, 2.45) is 0 Å². The summed E-state index contributed by atoms with van der Waals surface area (Å²) in [5.74, 6) is 0. The second-order valence-corrected chi connectivity index (χ2v) is 12.2. The summed E-state index contributed by atoms with van der Waals surface area (Å²) < 4.78 is 4.58. The van der Waals surface area contributed by atoms with Gasteiger partial charge in [0.1, 0.15) is 11.6 Å². The van der Waals surface area contributed by atoms with Crippen LogP contribution in [0.2, 0.25) is 0 Å². The summed E-state index contributed by atoms with van der Waals surface area (Å²) in [5, 5.41) is 16.0. The van der Waals surface area contributed by atoms with Crippen LogP contribution >= 0.6 is 0 Å². The Morgan fingerprint density at radius 3 is 1.24 bits per heavy atom. The summed E-state index contributed by atoms with van der Waals surface area (Å²) >= 11 is 0. The van der Waals surface area contributed by atoms with E-state index < -0.39 is 0 Å². The average Bonchev–Trinajstić information content (AvgIpc) is 3.56. The van der Waals surface area contributed by atoms with Crippen LogP contribution in [0.4, 0.5) is 0 Å². The maximum Gasteiger partial charge on any atom is 0.104 e. The molecule has 5 aromatic carbocycles. The summed E-state index contributed by atoms with van der Waals surface area (Å²) in [7, 11) is 0. The molecule has 0 aliphatic carbocycles. The van der Waals surface area contributed by atoms with Gasteiger partial charge in [0.25, 0.3) is 0 Å². The van der Waals surface area contributed by atoms with E-state index >= 15 is 0 Å². The van der Waals surface area contributed by atoms with Crippen molar-refractivity contribution in [2.45, 2.75) is 34.6 Å². The van der Waals surface area contributed by atoms with Gasteiger partial charge in [-0.15, -0.1) is 0 Å². The van der Waals surface area contributed by atoms with E-state index in [-0.39, 0.29) is 0 Å². The Labute approximate surface area is 262 Å². The topological polar surface area (TPSA) is 46.5 Å². The lowest BCUT2D eigenvalue weighted by molar-refractivity contribution is 1.11. The first-order valence-electron chi connectivity index (χ1n) is 15.4. The van der Waals surface area contributed by atoms with Crippen LogP contribution < -0.4 is 0 Å². The highest BCUT2D eigenvalue weighted by Gasteiger charge is 2.24. The zero-order chi connectivity index (χ0) is 31.0. The van der Waals surface area contributed by atoms with Crippen molar-refractivity contribution < 1.29 is 0 Å². The first-order chi connectivity index (χ1) is 21.9. The minimum absolute atomic E-state index is 0.620. The number of rotatable bonds is 3. The van der Waals surface area contributed by atoms with Crippen LogP contribution in [0, 0.1) is 45.9 Å². The molecule has 3 heterocycles. The Morgan fingerprint density at radius 1 is 0.511 bits per heavy atom. The van der Waals surface area contributed by atoms with Crippen molar-refractivity contribution in [3.05, 3.63) is 137 Å². The molecule has 216 valence electrons. The van der Waals surface area contributed by atoms with E-state index in [1.54, 1.807) is 0 Å². The largest absolute Gasteiger partial charge is 0.308 e. The van der Waals surface area contributed by atoms with Crippen molar-refractivity contribution in [1.82, 2.24) is 14.1 Å². The quantitative estimate of drug-likeness (QED) is 0.209. The van der Waals surface area contributed by atoms with Gasteiger partial charge < -0.3 is 9.13 Å². The zero-order valence-corrected chi connectivity index (χ0v) is 26.1. The van der Waals surface area contributed by atoms with Crippen LogP contribution in [0.5, 0.6) is 0 Å². The molecule has 0 aliphatic heterocycles. The van der Waals surface area contributed by atoms with Gasteiger partial charge in [-0.05, 0) is 105 Å². The maximum absolute atomic E-state index is 11.1. The van der Waals surface area contributed by atoms with E-state index in [1.807, 2.05) is 13.0 Å². The Balaban J connectivity index is 1.60. The van der Waals surface area contributed by atoms with Crippen molar-refractivity contribution in [3.63, 3.8) is 0 Å². The predicted molar refractivity (Wildman–Crippen MR) is 187 cm³/mol. The molecule has 0 unspecified atom stereocenters. The van der Waals surface area contributed by atoms with E-state index in [9.17, 15) is 5.26 Å². The minimum Gasteiger partial charge on any atom is -0.308 e. The molecule has 0 atom stereocenters. The van der Waals surface area contributed by atoms with Crippen LogP contribution in [-0.4, -0.2) is 14.1 Å². The molecule has 8 aromatic rings. The van der Waals surface area contributed by atoms with Gasteiger partial charge in [-0.2, -0.15) is 5.26 Å². The third-order valence-electron chi connectivity index (χ3n) is 9.34. The fourth-order valence-corrected chi connectivity index (χ4v) is 7.36. The first kappa shape index (κ1) is 26.9. The van der Waals surface area contributed by atoms with Crippen LogP contribution in [-0.2, 0) is 0 Å². The highest BCUT2D eigenvalue weighted by atomic mass is 15.0. The second-order valence-electron chi connectivity index (χ2n) is 12.2. The van der Waals surface area contributed by atoms with E-state index in [0.29, 0.717) is 5.56 Å². The lowest BCUT2D eigenvalue weighted by Crippen LogP contribution is -2.05. The summed E-state index contributed by atoms with van der Waals surface area (Å²) in [5.41, 5.74) is 14.3. The molecule has 0 saturated carbocycles. The maximum atomic E-state index is 11.1. The molecule has 0 fully saturated rings. The van der Waals surface area contributed by atoms with Crippen LogP contribution in [0.3, 0.4) is 0 Å². The molecular formula is C41H32N4. The normalized spacial score (nSPS) is 11.6. The summed E-state index contributed by atoms with van der Waals surface area (Å²) in [6.45, 7) is 10.7. The molecule has 0 amide bonds. The third-order valence-corrected chi connectivity index (χ3v) is 9.34. The fraction of sp³-hybridized carbons (Fsp3) is 0.122. The van der Waals surface area contributed by atoms with Crippen LogP contribution in [0.25, 0.3) is 66.2 Å². The Bertz CT molecular complexity index is 2290. The van der Waals surface area contributed by atoms with Gasteiger partial charge in [0, 0.05) is 32.8 Å². The lowest BCUT2D eigenvalue weighted by atomic mass is 10.0. The van der Waals surface area contributed by atoms with Gasteiger partial charge in [0.05, 0.1) is 39.1 Å². The number of aromatic nitrogens is 3. The number of fused-ring (bicyclic) bond motifs is 6. The number of pyridine rings is 1. The molecule has 4 heteroatoms. The monoisotopic (exact) mass is 580 g/mol. The van der Waals surface area contributed by atoms with Crippen molar-refractivity contribution in [1.29, 1.82) is 5.26 Å². The molecule has 8 rings (SSSR count). The zero-order valence-electron chi connectivity index (χ0n) is 26.1. The third kappa shape index (κ3) is 3.87. The number of nitriles is 1. The fourth-order valence-electron chi connectivity index (χ4n) is 7.36. The van der Waals surface area contributed by atoms with Gasteiger partial charge in [0.2, 0.25) is 0 Å². The summed E-state index contributed by atoms with van der Waals surface area (Å²) in [6.07, 6.45) is 0. The predicted octanol–water partition coefficient (Wildman–Crippen LogP) is 10.4. The Morgan fingerprint density at radius 2 is 0.889 bits per heavy atom. The smallest absolute Gasteiger partial charge is 0.104 e. The number of benzene rings is 5. The number of aryl methyl sites for hydroxylation is 5. The van der Waals surface area contributed by atoms with Gasteiger partial charge in [-0.25, -0.2) is 0 Å². The second kappa shape index (κ2) is 9.94. The van der Waals surface area contributed by atoms with Crippen LogP contribution in [0.1, 0.15) is 33.5 Å². The molecule has 0 radical (unpaired) electrons. The minimum atomic E-state index is 0.620. The number of hydrogen-bond donors (Lipinski definition) is 0. The average molecular weight is 581 g/mol. The molecule has 3 aromatic heterocycles. The number of hydrogen-bond acceptors (Lipinski definition) is 2. The van der Waals surface area contributed by atoms with Crippen molar-refractivity contribution >= 4 is 43.6 Å². The standard InChI is InChI=1S/C41H32N4/c1-24-11-6-17-32-38(24)39-25(2)12-7-18-33(39)44(32)36-21-29(31-16-10-15-28(5)43-31)22-37(30(36)23-42)45-34-19-8-13-26(3)40(34)41-27(4)14-9-20-35(41)45/h6-22H,1-5H3. The molecule has 0 bridgehead atoms. The first-order valence-corrected chi connectivity index (χ1v) is 15.4. The van der Waals surface area contributed by atoms with E-state index in [2.05, 4.69) is 140 Å². The lowest BCUT2D eigenvalue weighted by Gasteiger charge is -2.18. The Kier molecular flexibility index (Phi) is 5.95. The SMILES string of the molecule is Cc1cccc(-c2cc(-n3c4cccc(C)c4c4c(C)cccc43)c(C#N)c(-n3c4cccc(C)c4c4c(C)cccc43)c2)n1. The molecule has 0 saturated heterocycles. The molecule has 0 aliphatic rings. The van der Waals surface area contributed by atoms with Crippen molar-refractivity contribution in [3.8, 4) is 28.7 Å². The van der Waals surface area contributed by atoms with Gasteiger partial charge in [-0.3, -0.25) is 4.98 Å². The van der Waals surface area contributed by atoms with E-state index in [4.69, 9.17) is 4.98 Å². The molecule has 0 N–H and O–H groups in total. The van der Waals surface area contributed by atoms with Crippen molar-refractivity contribution in [2.75, 3.05) is 0 Å². The van der Waals surface area contributed by atoms with Crippen LogP contribution in [0.15, 0.2) is 103 Å². The summed E-state index contributed by atoms with van der Waals surface area (Å²) in [4.78, 5) is 4.95. The highest BCUT2D eigenvalue weighted by Crippen LogP contribution is 2.42. The molecule has 4 nitrogen and oxygen atoms in total. The summed E-state index contributed by atoms with van der Waals surface area (Å²) in [6, 6.07) is 38.9. The van der Waals surface area contributed by atoms with E-state index in [0.717, 1.165) is 50.4 Å². The Hall–Kier alpha value is -5.66. The van der Waals surface area contributed by atoms with Gasteiger partial charge in [0.15, 0.2) is 0 Å². The van der Waals surface area contributed by atoms with E-state index in [1.165, 1.54) is 43.8 Å². The van der Waals surface area contributed by atoms with Gasteiger partial charge >= 0.3 is 0 Å². The highest BCUT2D eigenvalue weighted by molar-refractivity contribution is 6.14. The molecular weight excluding hydrogens is 548 g/mol. The molecule has 0 spiro atoms.